The van der Waals surface area contributed by atoms with Gasteiger partial charge < -0.3 is 9.47 Å². The number of anilines is 1. The summed E-state index contributed by atoms with van der Waals surface area (Å²) < 4.78 is 2.36. The Kier molecular flexibility index (Phi) is 11.6. The number of hydrogen-bond donors (Lipinski definition) is 0. The highest BCUT2D eigenvalue weighted by atomic mass is 15.1. The number of aromatic nitrogens is 4. The van der Waals surface area contributed by atoms with E-state index in [2.05, 4.69) is 192 Å². The Morgan fingerprint density at radius 1 is 0.441 bits per heavy atom. The highest BCUT2D eigenvalue weighted by Gasteiger charge is 2.17. The molecule has 0 bridgehead atoms. The van der Waals surface area contributed by atoms with Crippen LogP contribution in [0.5, 0.6) is 0 Å². The van der Waals surface area contributed by atoms with Crippen molar-refractivity contribution < 1.29 is 0 Å². The Morgan fingerprint density at radius 2 is 0.956 bits per heavy atom. The standard InChI is InChI=1S/C63H47N5/c1-2-3-19-45-20-18-29-48(38-39-67(44-45)56-41-53(46-21-8-4-9-22-46)40-54(42-56)47-23-10-5-11-24-47)52-34-37-60-58(43-52)57-30-16-17-31-59(57)68(60)55-35-32-51(33-36-55)63-65-61(49-25-12-6-13-26-49)64-62(66-63)50-27-14-7-15-28-50/h2-19,21-38,40-44H,1,20,39H2/b19-3-,29-18-,45-44-,48-38+. The number of nitrogens with zero attached hydrogens (tertiary/aromatic N) is 5. The molecule has 11 rings (SSSR count). The van der Waals surface area contributed by atoms with Crippen molar-refractivity contribution in [3.05, 3.63) is 267 Å². The molecule has 0 fully saturated rings. The fraction of sp³-hybridized carbons (Fsp3) is 0.0317. The molecule has 0 unspecified atom stereocenters. The van der Waals surface area contributed by atoms with Gasteiger partial charge in [-0.1, -0.05) is 189 Å². The molecule has 5 nitrogen and oxygen atoms in total. The van der Waals surface area contributed by atoms with Crippen LogP contribution in [0.15, 0.2) is 261 Å². The zero-order chi connectivity index (χ0) is 45.7. The summed E-state index contributed by atoms with van der Waals surface area (Å²) in [7, 11) is 0. The van der Waals surface area contributed by atoms with Gasteiger partial charge in [-0.3, -0.25) is 0 Å². The quantitative estimate of drug-likeness (QED) is 0.128. The monoisotopic (exact) mass is 873 g/mol. The second-order valence-electron chi connectivity index (χ2n) is 16.9. The Balaban J connectivity index is 0.967. The van der Waals surface area contributed by atoms with Gasteiger partial charge in [0.25, 0.3) is 0 Å². The first-order valence-corrected chi connectivity index (χ1v) is 23.1. The van der Waals surface area contributed by atoms with E-state index in [0.717, 1.165) is 45.5 Å². The predicted octanol–water partition coefficient (Wildman–Crippen LogP) is 15.8. The topological polar surface area (TPSA) is 46.8 Å². The third-order valence-corrected chi connectivity index (χ3v) is 12.5. The minimum absolute atomic E-state index is 0.630. The van der Waals surface area contributed by atoms with Gasteiger partial charge in [0.1, 0.15) is 0 Å². The van der Waals surface area contributed by atoms with Gasteiger partial charge in [-0.25, -0.2) is 15.0 Å². The van der Waals surface area contributed by atoms with E-state index in [1.54, 1.807) is 0 Å². The number of hydrogen-bond acceptors (Lipinski definition) is 4. The van der Waals surface area contributed by atoms with Crippen molar-refractivity contribution in [1.29, 1.82) is 0 Å². The van der Waals surface area contributed by atoms with E-state index < -0.39 is 0 Å². The van der Waals surface area contributed by atoms with Gasteiger partial charge in [0.2, 0.25) is 0 Å². The van der Waals surface area contributed by atoms with Crippen LogP contribution in [0.3, 0.4) is 0 Å². The Labute approximate surface area is 397 Å². The maximum atomic E-state index is 4.98. The molecule has 324 valence electrons. The number of rotatable bonds is 10. The van der Waals surface area contributed by atoms with Gasteiger partial charge in [-0.2, -0.15) is 0 Å². The van der Waals surface area contributed by atoms with Gasteiger partial charge in [-0.15, -0.1) is 0 Å². The van der Waals surface area contributed by atoms with Crippen LogP contribution in [0, 0.1) is 0 Å². The Bertz CT molecular complexity index is 3430. The molecule has 3 heterocycles. The van der Waals surface area contributed by atoms with E-state index >= 15 is 0 Å². The molecule has 0 amide bonds. The first kappa shape index (κ1) is 41.8. The molecule has 1 aliphatic heterocycles. The molecule has 5 heteroatoms. The molecular formula is C63H47N5. The lowest BCUT2D eigenvalue weighted by atomic mass is 9.97. The van der Waals surface area contributed by atoms with Gasteiger partial charge in [-0.05, 0) is 106 Å². The van der Waals surface area contributed by atoms with Crippen LogP contribution < -0.4 is 4.90 Å². The largest absolute Gasteiger partial charge is 0.344 e. The summed E-state index contributed by atoms with van der Waals surface area (Å²) in [6.07, 6.45) is 16.0. The zero-order valence-corrected chi connectivity index (χ0v) is 37.5. The smallest absolute Gasteiger partial charge is 0.164 e. The van der Waals surface area contributed by atoms with Gasteiger partial charge in [0.05, 0.1) is 11.0 Å². The summed E-state index contributed by atoms with van der Waals surface area (Å²) in [5.74, 6) is 1.92. The number of para-hydroxylation sites is 1. The first-order chi connectivity index (χ1) is 33.6. The molecule has 0 aliphatic carbocycles. The second-order valence-corrected chi connectivity index (χ2v) is 16.9. The van der Waals surface area contributed by atoms with E-state index in [-0.39, 0.29) is 0 Å². The summed E-state index contributed by atoms with van der Waals surface area (Å²) >= 11 is 0. The molecule has 2 aromatic heterocycles. The van der Waals surface area contributed by atoms with Crippen molar-refractivity contribution in [1.82, 2.24) is 19.5 Å². The van der Waals surface area contributed by atoms with E-state index in [0.29, 0.717) is 24.0 Å². The zero-order valence-electron chi connectivity index (χ0n) is 37.5. The molecule has 0 saturated carbocycles. The molecule has 0 spiro atoms. The van der Waals surface area contributed by atoms with Crippen molar-refractivity contribution in [3.8, 4) is 62.1 Å². The van der Waals surface area contributed by atoms with Crippen molar-refractivity contribution in [2.24, 2.45) is 0 Å². The lowest BCUT2D eigenvalue weighted by Gasteiger charge is -2.23. The lowest BCUT2D eigenvalue weighted by molar-refractivity contribution is 1.07. The van der Waals surface area contributed by atoms with Crippen LogP contribution in [-0.4, -0.2) is 26.1 Å². The molecule has 0 N–H and O–H groups in total. The third-order valence-electron chi connectivity index (χ3n) is 12.5. The van der Waals surface area contributed by atoms with E-state index in [1.807, 2.05) is 72.8 Å². The van der Waals surface area contributed by atoms with Crippen LogP contribution >= 0.6 is 0 Å². The first-order valence-electron chi connectivity index (χ1n) is 23.1. The van der Waals surface area contributed by atoms with Crippen molar-refractivity contribution in [2.75, 3.05) is 11.4 Å². The molecule has 0 saturated heterocycles. The van der Waals surface area contributed by atoms with Crippen LogP contribution in [-0.2, 0) is 0 Å². The molecule has 8 aromatic carbocycles. The Morgan fingerprint density at radius 3 is 1.54 bits per heavy atom. The number of benzene rings is 8. The highest BCUT2D eigenvalue weighted by Crippen LogP contribution is 2.37. The van der Waals surface area contributed by atoms with Crippen molar-refractivity contribution in [3.63, 3.8) is 0 Å². The molecule has 10 aromatic rings. The maximum absolute atomic E-state index is 4.98. The van der Waals surface area contributed by atoms with Gasteiger partial charge in [0.15, 0.2) is 17.5 Å². The molecule has 0 radical (unpaired) electrons. The highest BCUT2D eigenvalue weighted by molar-refractivity contribution is 6.10. The minimum atomic E-state index is 0.630. The second kappa shape index (κ2) is 18.9. The normalized spacial score (nSPS) is 15.0. The van der Waals surface area contributed by atoms with Crippen molar-refractivity contribution in [2.45, 2.75) is 6.42 Å². The molecular weight excluding hydrogens is 827 g/mol. The molecule has 1 aliphatic rings. The summed E-state index contributed by atoms with van der Waals surface area (Å²) in [4.78, 5) is 17.2. The lowest BCUT2D eigenvalue weighted by Crippen LogP contribution is -2.17. The average Bonchev–Trinajstić information content (AvgIpc) is 3.79. The number of fused-ring (bicyclic) bond motifs is 3. The summed E-state index contributed by atoms with van der Waals surface area (Å²) in [5.41, 5.74) is 15.5. The molecule has 0 atom stereocenters. The van der Waals surface area contributed by atoms with E-state index in [1.165, 1.54) is 49.7 Å². The van der Waals surface area contributed by atoms with Crippen LogP contribution in [0.25, 0.3) is 89.5 Å². The minimum Gasteiger partial charge on any atom is -0.344 e. The van der Waals surface area contributed by atoms with E-state index in [9.17, 15) is 0 Å². The van der Waals surface area contributed by atoms with Crippen LogP contribution in [0.1, 0.15) is 12.0 Å². The van der Waals surface area contributed by atoms with Crippen molar-refractivity contribution >= 4 is 33.1 Å². The molecule has 68 heavy (non-hydrogen) atoms. The summed E-state index contributed by atoms with van der Waals surface area (Å²) in [6.45, 7) is 4.64. The van der Waals surface area contributed by atoms with Gasteiger partial charge >= 0.3 is 0 Å². The maximum Gasteiger partial charge on any atom is 0.164 e. The summed E-state index contributed by atoms with van der Waals surface area (Å²) in [5, 5.41) is 2.39. The third kappa shape index (κ3) is 8.64. The SMILES string of the molecule is C=C/C=C\C1=C\N(c2cc(-c3ccccc3)cc(-c3ccccc3)c2)C/C=C(c2ccc3c(c2)c2ccccc2n3-c2ccc(-c3nc(-c4ccccc4)nc(-c4ccccc4)n3)cc2)\C=C/C1. The fourth-order valence-electron chi connectivity index (χ4n) is 9.09. The van der Waals surface area contributed by atoms with Crippen LogP contribution in [0.2, 0.25) is 0 Å². The van der Waals surface area contributed by atoms with E-state index in [4.69, 9.17) is 15.0 Å². The predicted molar refractivity (Wildman–Crippen MR) is 284 cm³/mol. The number of allylic oxidation sites excluding steroid dienone is 7. The summed E-state index contributed by atoms with van der Waals surface area (Å²) in [6, 6.07) is 72.6. The fourth-order valence-corrected chi connectivity index (χ4v) is 9.09. The average molecular weight is 874 g/mol. The van der Waals surface area contributed by atoms with Gasteiger partial charge in [0, 0.05) is 51.6 Å². The Hall–Kier alpha value is -8.93. The van der Waals surface area contributed by atoms with Crippen LogP contribution in [0.4, 0.5) is 5.69 Å².